The summed E-state index contributed by atoms with van der Waals surface area (Å²) in [6.07, 6.45) is 1.30. The number of likely N-dealkylation sites (N-methyl/N-ethyl adjacent to an activating group) is 1. The lowest BCUT2D eigenvalue weighted by Crippen LogP contribution is -2.29. The maximum Gasteiger partial charge on any atom is 0.274 e. The topological polar surface area (TPSA) is 75.2 Å². The van der Waals surface area contributed by atoms with Crippen molar-refractivity contribution < 1.29 is 9.59 Å². The van der Waals surface area contributed by atoms with Gasteiger partial charge in [0.05, 0.1) is 10.3 Å². The highest BCUT2D eigenvalue weighted by molar-refractivity contribution is 7.17. The van der Waals surface area contributed by atoms with Gasteiger partial charge in [-0.2, -0.15) is 0 Å². The lowest BCUT2D eigenvalue weighted by Gasteiger charge is -2.20. The van der Waals surface area contributed by atoms with Gasteiger partial charge in [0.2, 0.25) is 0 Å². The van der Waals surface area contributed by atoms with Gasteiger partial charge in [-0.05, 0) is 23.9 Å². The van der Waals surface area contributed by atoms with Crippen molar-refractivity contribution in [2.24, 2.45) is 0 Å². The minimum Gasteiger partial charge on any atom is -0.324 e. The van der Waals surface area contributed by atoms with Crippen LogP contribution in [0.5, 0.6) is 0 Å². The third-order valence-corrected chi connectivity index (χ3v) is 6.67. The van der Waals surface area contributed by atoms with Crippen molar-refractivity contribution in [1.29, 1.82) is 0 Å². The van der Waals surface area contributed by atoms with Crippen molar-refractivity contribution in [1.82, 2.24) is 15.3 Å². The molecule has 31 heavy (non-hydrogen) atoms. The van der Waals surface area contributed by atoms with Crippen LogP contribution in [0.3, 0.4) is 0 Å². The fraction of sp³-hybridized carbons (Fsp3) is 0.0909. The molecule has 0 spiro atoms. The third-order valence-electron chi connectivity index (χ3n) is 4.93. The van der Waals surface area contributed by atoms with Gasteiger partial charge in [0, 0.05) is 24.1 Å². The number of nitrogens with one attached hydrogen (secondary N) is 1. The molecule has 1 aromatic carbocycles. The second-order valence-electron chi connectivity index (χ2n) is 6.95. The standard InChI is InChI=1S/C22H16N4O2S2.ClH/c1-12-5-7-13(8-6-12)14-11-30-22-18(14)20(24-19(25-22)16-4-3-9-29-16)26(2)15-10-17(27)23-21(15)28;/h3-11H,1-2H3,(H,23,27,28);1H. The summed E-state index contributed by atoms with van der Waals surface area (Å²) in [5, 5.41) is 7.20. The molecule has 0 aliphatic carbocycles. The Kier molecular flexibility index (Phi) is 5.62. The summed E-state index contributed by atoms with van der Waals surface area (Å²) in [5.74, 6) is 0.340. The number of anilines is 1. The molecule has 0 unspecified atom stereocenters. The number of imide groups is 1. The van der Waals surface area contributed by atoms with E-state index in [4.69, 9.17) is 9.97 Å². The van der Waals surface area contributed by atoms with Crippen LogP contribution in [0.1, 0.15) is 5.56 Å². The molecule has 0 radical (unpaired) electrons. The minimum atomic E-state index is -0.431. The summed E-state index contributed by atoms with van der Waals surface area (Å²) in [7, 11) is 1.75. The number of fused-ring (bicyclic) bond motifs is 1. The number of hydrogen-bond acceptors (Lipinski definition) is 7. The number of aryl methyl sites for hydroxylation is 1. The van der Waals surface area contributed by atoms with Crippen molar-refractivity contribution >= 4 is 62.9 Å². The van der Waals surface area contributed by atoms with Crippen LogP contribution in [0.15, 0.2) is 58.9 Å². The number of carbonyl (C=O) groups is 2. The van der Waals surface area contributed by atoms with E-state index in [-0.39, 0.29) is 18.1 Å². The molecular formula is C22H17ClN4O2S2. The Morgan fingerprint density at radius 1 is 1.03 bits per heavy atom. The van der Waals surface area contributed by atoms with Gasteiger partial charge >= 0.3 is 0 Å². The van der Waals surface area contributed by atoms with Gasteiger partial charge in [-0.1, -0.05) is 35.9 Å². The average molecular weight is 469 g/mol. The predicted octanol–water partition coefficient (Wildman–Crippen LogP) is 4.79. The maximum atomic E-state index is 12.3. The molecule has 9 heteroatoms. The van der Waals surface area contributed by atoms with Gasteiger partial charge in [-0.15, -0.1) is 35.1 Å². The van der Waals surface area contributed by atoms with Crippen LogP contribution >= 0.6 is 35.1 Å². The van der Waals surface area contributed by atoms with E-state index in [1.54, 1.807) is 23.3 Å². The maximum absolute atomic E-state index is 12.3. The number of amides is 2. The van der Waals surface area contributed by atoms with Crippen molar-refractivity contribution in [3.05, 3.63) is 64.5 Å². The highest BCUT2D eigenvalue weighted by Crippen LogP contribution is 2.40. The number of carbonyl (C=O) groups excluding carboxylic acids is 2. The van der Waals surface area contributed by atoms with E-state index in [0.717, 1.165) is 26.2 Å². The highest BCUT2D eigenvalue weighted by atomic mass is 35.5. The summed E-state index contributed by atoms with van der Waals surface area (Å²) in [4.78, 5) is 37.1. The van der Waals surface area contributed by atoms with Gasteiger partial charge < -0.3 is 4.90 Å². The SMILES string of the molecule is Cc1ccc(-c2csc3nc(-c4cccs4)nc(N(C)C4=CC(=O)NC4=O)c23)cc1.Cl. The highest BCUT2D eigenvalue weighted by Gasteiger charge is 2.28. The van der Waals surface area contributed by atoms with E-state index in [2.05, 4.69) is 35.0 Å². The Morgan fingerprint density at radius 3 is 2.45 bits per heavy atom. The first-order valence-electron chi connectivity index (χ1n) is 9.22. The van der Waals surface area contributed by atoms with Crippen LogP contribution in [0.2, 0.25) is 0 Å². The molecule has 0 fully saturated rings. The molecule has 0 saturated carbocycles. The van der Waals surface area contributed by atoms with E-state index in [9.17, 15) is 9.59 Å². The Balaban J connectivity index is 0.00000231. The molecule has 4 aromatic rings. The van der Waals surface area contributed by atoms with Gasteiger partial charge in [-0.25, -0.2) is 9.97 Å². The fourth-order valence-corrected chi connectivity index (χ4v) is 4.99. The molecule has 0 bridgehead atoms. The smallest absolute Gasteiger partial charge is 0.274 e. The number of rotatable bonds is 4. The second-order valence-corrected chi connectivity index (χ2v) is 8.76. The second kappa shape index (κ2) is 8.22. The number of halogens is 1. The molecule has 3 aromatic heterocycles. The van der Waals surface area contributed by atoms with Crippen molar-refractivity contribution in [2.75, 3.05) is 11.9 Å². The average Bonchev–Trinajstić information content (AvgIpc) is 3.47. The first-order chi connectivity index (χ1) is 14.5. The molecule has 2 amide bonds. The normalized spacial score (nSPS) is 13.2. The van der Waals surface area contributed by atoms with Crippen LogP contribution < -0.4 is 10.2 Å². The molecule has 5 rings (SSSR count). The summed E-state index contributed by atoms with van der Waals surface area (Å²) in [6.45, 7) is 2.05. The zero-order chi connectivity index (χ0) is 20.8. The lowest BCUT2D eigenvalue weighted by molar-refractivity contribution is -0.123. The predicted molar refractivity (Wildman–Crippen MR) is 128 cm³/mol. The number of aromatic nitrogens is 2. The summed E-state index contributed by atoms with van der Waals surface area (Å²) in [6, 6.07) is 12.2. The van der Waals surface area contributed by atoms with Crippen LogP contribution in [0, 0.1) is 6.92 Å². The fourth-order valence-electron chi connectivity index (χ4n) is 3.39. The number of benzene rings is 1. The summed E-state index contributed by atoms with van der Waals surface area (Å²) >= 11 is 3.10. The molecule has 4 heterocycles. The van der Waals surface area contributed by atoms with Crippen molar-refractivity contribution in [3.8, 4) is 21.8 Å². The van der Waals surface area contributed by atoms with Gasteiger partial charge in [0.25, 0.3) is 11.8 Å². The van der Waals surface area contributed by atoms with E-state index < -0.39 is 11.8 Å². The van der Waals surface area contributed by atoms with Crippen LogP contribution in [-0.4, -0.2) is 28.8 Å². The zero-order valence-corrected chi connectivity index (χ0v) is 19.0. The van der Waals surface area contributed by atoms with Gasteiger partial charge in [0.15, 0.2) is 5.82 Å². The van der Waals surface area contributed by atoms with E-state index in [0.29, 0.717) is 11.6 Å². The van der Waals surface area contributed by atoms with Crippen molar-refractivity contribution in [2.45, 2.75) is 6.92 Å². The van der Waals surface area contributed by atoms with Gasteiger partial charge in [0.1, 0.15) is 16.3 Å². The Morgan fingerprint density at radius 2 is 1.81 bits per heavy atom. The van der Waals surface area contributed by atoms with Gasteiger partial charge in [-0.3, -0.25) is 14.9 Å². The first-order valence-corrected chi connectivity index (χ1v) is 11.0. The summed E-state index contributed by atoms with van der Waals surface area (Å²) < 4.78 is 0. The molecule has 1 aliphatic rings. The molecule has 1 aliphatic heterocycles. The quantitative estimate of drug-likeness (QED) is 0.436. The Bertz CT molecular complexity index is 1330. The van der Waals surface area contributed by atoms with Crippen LogP contribution in [-0.2, 0) is 9.59 Å². The summed E-state index contributed by atoms with van der Waals surface area (Å²) in [5.41, 5.74) is 3.49. The Hall–Kier alpha value is -3.07. The molecule has 6 nitrogen and oxygen atoms in total. The molecule has 0 saturated heterocycles. The number of hydrogen-bond donors (Lipinski definition) is 1. The molecule has 1 N–H and O–H groups in total. The zero-order valence-electron chi connectivity index (χ0n) is 16.6. The number of thiophene rings is 2. The third kappa shape index (κ3) is 3.74. The van der Waals surface area contributed by atoms with E-state index >= 15 is 0 Å². The van der Waals surface area contributed by atoms with Crippen molar-refractivity contribution in [3.63, 3.8) is 0 Å². The van der Waals surface area contributed by atoms with E-state index in [1.807, 2.05) is 24.4 Å². The largest absolute Gasteiger partial charge is 0.324 e. The van der Waals surface area contributed by atoms with E-state index in [1.165, 1.54) is 23.0 Å². The lowest BCUT2D eigenvalue weighted by atomic mass is 10.0. The van der Waals surface area contributed by atoms with Crippen LogP contribution in [0.25, 0.3) is 32.0 Å². The monoisotopic (exact) mass is 468 g/mol. The molecule has 156 valence electrons. The first kappa shape index (κ1) is 21.2. The minimum absolute atomic E-state index is 0. The molecular weight excluding hydrogens is 452 g/mol. The number of nitrogens with zero attached hydrogens (tertiary/aromatic N) is 3. The van der Waals surface area contributed by atoms with Crippen LogP contribution in [0.4, 0.5) is 5.82 Å². The Labute approximate surface area is 192 Å². The molecule has 0 atom stereocenters.